The lowest BCUT2D eigenvalue weighted by atomic mass is 9.82. The van der Waals surface area contributed by atoms with Crippen molar-refractivity contribution in [3.8, 4) is 28.2 Å². The van der Waals surface area contributed by atoms with Crippen LogP contribution in [0.15, 0.2) is 170 Å². The number of fused-ring (bicyclic) bond motifs is 3. The molecule has 47 heavy (non-hydrogen) atoms. The van der Waals surface area contributed by atoms with Crippen LogP contribution in [0.1, 0.15) is 24.0 Å². The van der Waals surface area contributed by atoms with E-state index in [-0.39, 0.29) is 0 Å². The second kappa shape index (κ2) is 11.4. The summed E-state index contributed by atoms with van der Waals surface area (Å²) in [5, 5.41) is 5.09. The van der Waals surface area contributed by atoms with Gasteiger partial charge in [-0.3, -0.25) is 4.57 Å². The minimum Gasteiger partial charge on any atom is -0.292 e. The maximum Gasteiger partial charge on any atom is 0.145 e. The fourth-order valence-electron chi connectivity index (χ4n) is 7.38. The first-order valence-electron chi connectivity index (χ1n) is 16.4. The fourth-order valence-corrected chi connectivity index (χ4v) is 7.38. The number of benzene rings is 7. The zero-order valence-corrected chi connectivity index (χ0v) is 26.0. The molecule has 1 aliphatic carbocycles. The first kappa shape index (κ1) is 27.3. The third-order valence-corrected chi connectivity index (χ3v) is 9.53. The molecule has 222 valence electrons. The molecule has 0 amide bonds. The molecule has 0 bridgehead atoms. The number of rotatable bonds is 5. The average Bonchev–Trinajstić information content (AvgIpc) is 3.54. The normalized spacial score (nSPS) is 13.2. The Hall–Kier alpha value is -5.99. The lowest BCUT2D eigenvalue weighted by molar-refractivity contribution is 1.08. The Morgan fingerprint density at radius 2 is 1.00 bits per heavy atom. The molecule has 0 unspecified atom stereocenters. The standard InChI is InChI=1S/C45H32N2/c1-4-14-31(15-5-1)32-24-26-34(27-25-32)43-37-20-10-11-21-38(37)44(33-16-6-2-7-17-33)40-30-35(28-29-39(40)43)45-46-41-22-12-13-23-42(41)47(45)36-18-8-3-9-19-36/h1-24,26,28-30H,25,27H2. The lowest BCUT2D eigenvalue weighted by Gasteiger charge is -2.22. The van der Waals surface area contributed by atoms with E-state index in [1.165, 1.54) is 54.9 Å². The molecule has 8 aromatic rings. The third-order valence-electron chi connectivity index (χ3n) is 9.53. The maximum atomic E-state index is 5.22. The molecule has 0 aliphatic heterocycles. The predicted octanol–water partition coefficient (Wildman–Crippen LogP) is 11.9. The van der Waals surface area contributed by atoms with E-state index in [0.717, 1.165) is 41.0 Å². The lowest BCUT2D eigenvalue weighted by Crippen LogP contribution is -1.99. The van der Waals surface area contributed by atoms with Gasteiger partial charge in [-0.2, -0.15) is 0 Å². The highest BCUT2D eigenvalue weighted by atomic mass is 15.1. The first-order chi connectivity index (χ1) is 23.3. The first-order valence-corrected chi connectivity index (χ1v) is 16.4. The number of nitrogens with zero attached hydrogens (tertiary/aromatic N) is 2. The topological polar surface area (TPSA) is 17.8 Å². The summed E-state index contributed by atoms with van der Waals surface area (Å²) >= 11 is 0. The van der Waals surface area contributed by atoms with Crippen LogP contribution in [0, 0.1) is 0 Å². The molecule has 1 aromatic heterocycles. The molecule has 2 nitrogen and oxygen atoms in total. The molecule has 0 N–H and O–H groups in total. The van der Waals surface area contributed by atoms with Crippen LogP contribution in [0.5, 0.6) is 0 Å². The van der Waals surface area contributed by atoms with Gasteiger partial charge in [-0.05, 0) is 98.1 Å². The molecule has 0 spiro atoms. The van der Waals surface area contributed by atoms with Gasteiger partial charge in [-0.15, -0.1) is 0 Å². The van der Waals surface area contributed by atoms with Crippen LogP contribution in [0.2, 0.25) is 0 Å². The van der Waals surface area contributed by atoms with Crippen LogP contribution in [0.25, 0.3) is 71.9 Å². The average molecular weight is 601 g/mol. The fraction of sp³-hybridized carbons (Fsp3) is 0.0444. The van der Waals surface area contributed by atoms with Crippen molar-refractivity contribution in [1.29, 1.82) is 0 Å². The van der Waals surface area contributed by atoms with Gasteiger partial charge < -0.3 is 0 Å². The van der Waals surface area contributed by atoms with Crippen LogP contribution in [0.4, 0.5) is 0 Å². The summed E-state index contributed by atoms with van der Waals surface area (Å²) in [5.74, 6) is 0.945. The van der Waals surface area contributed by atoms with Gasteiger partial charge in [0, 0.05) is 11.3 Å². The van der Waals surface area contributed by atoms with Crippen molar-refractivity contribution in [3.63, 3.8) is 0 Å². The Kier molecular flexibility index (Phi) is 6.64. The van der Waals surface area contributed by atoms with Gasteiger partial charge >= 0.3 is 0 Å². The SMILES string of the molecule is C1=C(c2ccccc2)CCC(c2c3ccccc3c(-c3ccccc3)c3cc(-c4nc5ccccc5n4-c4ccccc4)ccc23)=C1. The second-order valence-electron chi connectivity index (χ2n) is 12.3. The third kappa shape index (κ3) is 4.69. The van der Waals surface area contributed by atoms with Crippen molar-refractivity contribution < 1.29 is 0 Å². The van der Waals surface area contributed by atoms with Gasteiger partial charge in [0.15, 0.2) is 0 Å². The summed E-state index contributed by atoms with van der Waals surface area (Å²) < 4.78 is 2.29. The van der Waals surface area contributed by atoms with E-state index in [0.29, 0.717) is 0 Å². The Morgan fingerprint density at radius 1 is 0.426 bits per heavy atom. The highest BCUT2D eigenvalue weighted by Crippen LogP contribution is 2.45. The summed E-state index contributed by atoms with van der Waals surface area (Å²) in [5.41, 5.74) is 12.2. The molecular formula is C45H32N2. The minimum absolute atomic E-state index is 0.945. The molecule has 9 rings (SSSR count). The Bertz CT molecular complexity index is 2480. The summed E-state index contributed by atoms with van der Waals surface area (Å²) in [6.45, 7) is 0. The van der Waals surface area contributed by atoms with E-state index < -0.39 is 0 Å². The van der Waals surface area contributed by atoms with Crippen LogP contribution in [0.3, 0.4) is 0 Å². The van der Waals surface area contributed by atoms with Crippen LogP contribution < -0.4 is 0 Å². The molecule has 0 saturated carbocycles. The number of hydrogen-bond acceptors (Lipinski definition) is 1. The molecule has 0 fully saturated rings. The molecule has 1 heterocycles. The molecule has 0 radical (unpaired) electrons. The summed E-state index contributed by atoms with van der Waals surface area (Å²) in [7, 11) is 0. The zero-order chi connectivity index (χ0) is 31.2. The van der Waals surface area contributed by atoms with Crippen molar-refractivity contribution in [2.24, 2.45) is 0 Å². The molecule has 2 heteroatoms. The smallest absolute Gasteiger partial charge is 0.145 e. The molecular weight excluding hydrogens is 569 g/mol. The van der Waals surface area contributed by atoms with Gasteiger partial charge in [0.1, 0.15) is 5.82 Å². The van der Waals surface area contributed by atoms with Gasteiger partial charge in [0.2, 0.25) is 0 Å². The minimum atomic E-state index is 0.945. The van der Waals surface area contributed by atoms with E-state index in [1.807, 2.05) is 0 Å². The van der Waals surface area contributed by atoms with E-state index in [4.69, 9.17) is 4.98 Å². The van der Waals surface area contributed by atoms with E-state index in [2.05, 4.69) is 174 Å². The van der Waals surface area contributed by atoms with E-state index in [1.54, 1.807) is 0 Å². The molecule has 0 atom stereocenters. The molecule has 0 saturated heterocycles. The van der Waals surface area contributed by atoms with Crippen LogP contribution >= 0.6 is 0 Å². The second-order valence-corrected chi connectivity index (χ2v) is 12.3. The van der Waals surface area contributed by atoms with Gasteiger partial charge in [-0.1, -0.05) is 140 Å². The predicted molar refractivity (Wildman–Crippen MR) is 199 cm³/mol. The van der Waals surface area contributed by atoms with Crippen molar-refractivity contribution in [2.45, 2.75) is 12.8 Å². The largest absolute Gasteiger partial charge is 0.292 e. The molecule has 7 aromatic carbocycles. The number of aromatic nitrogens is 2. The summed E-state index contributed by atoms with van der Waals surface area (Å²) in [6, 6.07) is 56.6. The van der Waals surface area contributed by atoms with Crippen molar-refractivity contribution in [1.82, 2.24) is 9.55 Å². The van der Waals surface area contributed by atoms with Gasteiger partial charge in [-0.25, -0.2) is 4.98 Å². The monoisotopic (exact) mass is 600 g/mol. The number of allylic oxidation sites excluding steroid dienone is 4. The van der Waals surface area contributed by atoms with Crippen molar-refractivity contribution >= 4 is 43.7 Å². The van der Waals surface area contributed by atoms with Gasteiger partial charge in [0.05, 0.1) is 11.0 Å². The molecule has 1 aliphatic rings. The zero-order valence-electron chi connectivity index (χ0n) is 26.0. The van der Waals surface area contributed by atoms with E-state index >= 15 is 0 Å². The maximum absolute atomic E-state index is 5.22. The van der Waals surface area contributed by atoms with Gasteiger partial charge in [0.25, 0.3) is 0 Å². The van der Waals surface area contributed by atoms with Crippen LogP contribution in [-0.4, -0.2) is 9.55 Å². The van der Waals surface area contributed by atoms with E-state index in [9.17, 15) is 0 Å². The Morgan fingerprint density at radius 3 is 1.72 bits per heavy atom. The summed E-state index contributed by atoms with van der Waals surface area (Å²) in [6.07, 6.45) is 6.70. The Labute approximate surface area is 274 Å². The Balaban J connectivity index is 1.33. The number of para-hydroxylation sites is 3. The summed E-state index contributed by atoms with van der Waals surface area (Å²) in [4.78, 5) is 5.22. The van der Waals surface area contributed by atoms with Crippen molar-refractivity contribution in [3.05, 3.63) is 181 Å². The highest BCUT2D eigenvalue weighted by Gasteiger charge is 2.21. The highest BCUT2D eigenvalue weighted by molar-refractivity contribution is 6.19. The quantitative estimate of drug-likeness (QED) is 0.180. The van der Waals surface area contributed by atoms with Crippen LogP contribution in [-0.2, 0) is 0 Å². The van der Waals surface area contributed by atoms with Crippen molar-refractivity contribution in [2.75, 3.05) is 0 Å². The number of hydrogen-bond donors (Lipinski definition) is 0. The number of imidazole rings is 1.